The molecule has 0 spiro atoms. The molecule has 0 aliphatic carbocycles. The first-order chi connectivity index (χ1) is 6.59. The van der Waals surface area contributed by atoms with E-state index in [1.165, 1.54) is 6.07 Å². The first-order valence-electron chi connectivity index (χ1n) is 4.63. The summed E-state index contributed by atoms with van der Waals surface area (Å²) in [7, 11) is 0. The molecular formula is C11H14FNO. The molecule has 76 valence electrons. The van der Waals surface area contributed by atoms with Crippen LogP contribution in [0.4, 0.5) is 4.39 Å². The second-order valence-electron chi connectivity index (χ2n) is 3.41. The van der Waals surface area contributed by atoms with Crippen LogP contribution < -0.4 is 5.73 Å². The van der Waals surface area contributed by atoms with Crippen LogP contribution in [0.5, 0.6) is 0 Å². The number of hydrogen-bond acceptors (Lipinski definition) is 1. The van der Waals surface area contributed by atoms with Gasteiger partial charge in [0.15, 0.2) is 0 Å². The Kier molecular flexibility index (Phi) is 3.63. The summed E-state index contributed by atoms with van der Waals surface area (Å²) in [6.07, 6.45) is 1.48. The van der Waals surface area contributed by atoms with Crippen LogP contribution in [0.15, 0.2) is 18.2 Å². The monoisotopic (exact) mass is 195 g/mol. The number of amides is 1. The predicted molar refractivity (Wildman–Crippen MR) is 53.3 cm³/mol. The van der Waals surface area contributed by atoms with Gasteiger partial charge in [-0.15, -0.1) is 0 Å². The van der Waals surface area contributed by atoms with Crippen LogP contribution in [0.1, 0.15) is 24.0 Å². The van der Waals surface area contributed by atoms with Gasteiger partial charge in [0.25, 0.3) is 0 Å². The van der Waals surface area contributed by atoms with Gasteiger partial charge in [0.2, 0.25) is 5.91 Å². The molecule has 3 heteroatoms. The molecule has 0 aliphatic rings. The molecule has 0 atom stereocenters. The lowest BCUT2D eigenvalue weighted by atomic mass is 10.1. The molecule has 0 bridgehead atoms. The Morgan fingerprint density at radius 3 is 2.79 bits per heavy atom. The standard InChI is InChI=1S/C11H14FNO/c1-8-5-6-9(10(12)7-8)3-2-4-11(13)14/h5-7H,2-4H2,1H3,(H2,13,14). The summed E-state index contributed by atoms with van der Waals surface area (Å²) >= 11 is 0. The smallest absolute Gasteiger partial charge is 0.217 e. The van der Waals surface area contributed by atoms with E-state index in [-0.39, 0.29) is 11.7 Å². The zero-order valence-electron chi connectivity index (χ0n) is 8.22. The summed E-state index contributed by atoms with van der Waals surface area (Å²) in [5.41, 5.74) is 6.54. The fraction of sp³-hybridized carbons (Fsp3) is 0.364. The van der Waals surface area contributed by atoms with E-state index in [9.17, 15) is 9.18 Å². The number of aryl methyl sites for hydroxylation is 2. The zero-order valence-corrected chi connectivity index (χ0v) is 8.22. The van der Waals surface area contributed by atoms with Crippen molar-refractivity contribution in [3.8, 4) is 0 Å². The van der Waals surface area contributed by atoms with Gasteiger partial charge in [0, 0.05) is 6.42 Å². The molecule has 0 heterocycles. The van der Waals surface area contributed by atoms with Crippen molar-refractivity contribution in [2.45, 2.75) is 26.2 Å². The Hall–Kier alpha value is -1.38. The van der Waals surface area contributed by atoms with Crippen LogP contribution in [0.3, 0.4) is 0 Å². The first-order valence-corrected chi connectivity index (χ1v) is 4.63. The number of primary amides is 1. The van der Waals surface area contributed by atoms with E-state index in [0.717, 1.165) is 5.56 Å². The minimum atomic E-state index is -0.336. The van der Waals surface area contributed by atoms with Gasteiger partial charge in [-0.3, -0.25) is 4.79 Å². The first kappa shape index (κ1) is 10.7. The zero-order chi connectivity index (χ0) is 10.6. The van der Waals surface area contributed by atoms with E-state index in [4.69, 9.17) is 5.73 Å². The Labute approximate surface area is 82.9 Å². The van der Waals surface area contributed by atoms with Crippen molar-refractivity contribution in [3.63, 3.8) is 0 Å². The molecule has 0 unspecified atom stereocenters. The quantitative estimate of drug-likeness (QED) is 0.783. The van der Waals surface area contributed by atoms with Gasteiger partial charge in [0.1, 0.15) is 5.82 Å². The van der Waals surface area contributed by atoms with Gasteiger partial charge in [-0.2, -0.15) is 0 Å². The molecule has 1 aromatic rings. The van der Waals surface area contributed by atoms with Gasteiger partial charge >= 0.3 is 0 Å². The molecule has 1 amide bonds. The van der Waals surface area contributed by atoms with Gasteiger partial charge in [-0.25, -0.2) is 4.39 Å². The molecule has 14 heavy (non-hydrogen) atoms. The highest BCUT2D eigenvalue weighted by molar-refractivity contribution is 5.73. The lowest BCUT2D eigenvalue weighted by molar-refractivity contribution is -0.118. The fourth-order valence-electron chi connectivity index (χ4n) is 1.31. The minimum Gasteiger partial charge on any atom is -0.370 e. The normalized spacial score (nSPS) is 10.1. The summed E-state index contributed by atoms with van der Waals surface area (Å²) in [5.74, 6) is -0.535. The molecule has 1 aromatic carbocycles. The number of benzene rings is 1. The van der Waals surface area contributed by atoms with E-state index < -0.39 is 0 Å². The van der Waals surface area contributed by atoms with Crippen LogP contribution in [0.2, 0.25) is 0 Å². The fourth-order valence-corrected chi connectivity index (χ4v) is 1.31. The molecule has 0 saturated heterocycles. The lowest BCUT2D eigenvalue weighted by Gasteiger charge is -2.02. The summed E-state index contributed by atoms with van der Waals surface area (Å²) in [4.78, 5) is 10.5. The van der Waals surface area contributed by atoms with E-state index in [1.54, 1.807) is 6.07 Å². The third-order valence-corrected chi connectivity index (χ3v) is 2.08. The maximum atomic E-state index is 13.3. The predicted octanol–water partition coefficient (Wildman–Crippen LogP) is 1.94. The minimum absolute atomic E-state index is 0.200. The Balaban J connectivity index is 2.55. The van der Waals surface area contributed by atoms with Crippen molar-refractivity contribution in [3.05, 3.63) is 35.1 Å². The van der Waals surface area contributed by atoms with Crippen molar-refractivity contribution in [2.24, 2.45) is 5.73 Å². The highest BCUT2D eigenvalue weighted by Gasteiger charge is 2.02. The van der Waals surface area contributed by atoms with Crippen molar-refractivity contribution < 1.29 is 9.18 Å². The maximum absolute atomic E-state index is 13.3. The summed E-state index contributed by atoms with van der Waals surface area (Å²) in [6, 6.07) is 5.12. The molecule has 0 fully saturated rings. The maximum Gasteiger partial charge on any atom is 0.217 e. The van der Waals surface area contributed by atoms with Crippen LogP contribution in [-0.4, -0.2) is 5.91 Å². The van der Waals surface area contributed by atoms with Crippen LogP contribution in [-0.2, 0) is 11.2 Å². The summed E-state index contributed by atoms with van der Waals surface area (Å²) < 4.78 is 13.3. The molecule has 2 nitrogen and oxygen atoms in total. The molecule has 0 aliphatic heterocycles. The Morgan fingerprint density at radius 2 is 2.21 bits per heavy atom. The number of carbonyl (C=O) groups excluding carboxylic acids is 1. The SMILES string of the molecule is Cc1ccc(CCCC(N)=O)c(F)c1. The lowest BCUT2D eigenvalue weighted by Crippen LogP contribution is -2.10. The van der Waals surface area contributed by atoms with E-state index >= 15 is 0 Å². The van der Waals surface area contributed by atoms with Gasteiger partial charge < -0.3 is 5.73 Å². The number of hydrogen-bond donors (Lipinski definition) is 1. The van der Waals surface area contributed by atoms with Crippen molar-refractivity contribution in [2.75, 3.05) is 0 Å². The van der Waals surface area contributed by atoms with E-state index in [1.807, 2.05) is 13.0 Å². The van der Waals surface area contributed by atoms with Crippen LogP contribution >= 0.6 is 0 Å². The number of nitrogens with two attached hydrogens (primary N) is 1. The van der Waals surface area contributed by atoms with E-state index in [2.05, 4.69) is 0 Å². The second kappa shape index (κ2) is 4.74. The summed E-state index contributed by atoms with van der Waals surface area (Å²) in [5, 5.41) is 0. The average Bonchev–Trinajstić information content (AvgIpc) is 2.08. The average molecular weight is 195 g/mol. The van der Waals surface area contributed by atoms with Gasteiger partial charge in [-0.1, -0.05) is 12.1 Å². The Morgan fingerprint density at radius 1 is 1.50 bits per heavy atom. The van der Waals surface area contributed by atoms with Crippen LogP contribution in [0.25, 0.3) is 0 Å². The molecule has 0 radical (unpaired) electrons. The van der Waals surface area contributed by atoms with Crippen LogP contribution in [0, 0.1) is 12.7 Å². The largest absolute Gasteiger partial charge is 0.370 e. The highest BCUT2D eigenvalue weighted by atomic mass is 19.1. The molecule has 2 N–H and O–H groups in total. The molecule has 1 rings (SSSR count). The Bertz CT molecular complexity index is 336. The molecule has 0 aromatic heterocycles. The third-order valence-electron chi connectivity index (χ3n) is 2.08. The van der Waals surface area contributed by atoms with Crippen molar-refractivity contribution in [1.82, 2.24) is 0 Å². The topological polar surface area (TPSA) is 43.1 Å². The highest BCUT2D eigenvalue weighted by Crippen LogP contribution is 2.12. The molecular weight excluding hydrogens is 181 g/mol. The summed E-state index contributed by atoms with van der Waals surface area (Å²) in [6.45, 7) is 1.84. The number of halogens is 1. The van der Waals surface area contributed by atoms with E-state index in [0.29, 0.717) is 24.8 Å². The van der Waals surface area contributed by atoms with Crippen molar-refractivity contribution in [1.29, 1.82) is 0 Å². The second-order valence-corrected chi connectivity index (χ2v) is 3.41. The van der Waals surface area contributed by atoms with Gasteiger partial charge in [0.05, 0.1) is 0 Å². The number of carbonyl (C=O) groups is 1. The molecule has 0 saturated carbocycles. The number of rotatable bonds is 4. The van der Waals surface area contributed by atoms with Gasteiger partial charge in [-0.05, 0) is 37.0 Å². The third kappa shape index (κ3) is 3.17. The van der Waals surface area contributed by atoms with Crippen molar-refractivity contribution >= 4 is 5.91 Å².